The van der Waals surface area contributed by atoms with E-state index in [2.05, 4.69) is 45.1 Å². The van der Waals surface area contributed by atoms with Crippen LogP contribution in [0.2, 0.25) is 0 Å². The van der Waals surface area contributed by atoms with Gasteiger partial charge in [-0.15, -0.1) is 0 Å². The van der Waals surface area contributed by atoms with Crippen LogP contribution in [0.1, 0.15) is 348 Å². The van der Waals surface area contributed by atoms with E-state index in [0.717, 1.165) is 57.8 Å². The van der Waals surface area contributed by atoms with Gasteiger partial charge >= 0.3 is 17.9 Å². The fourth-order valence-corrected chi connectivity index (χ4v) is 9.44. The van der Waals surface area contributed by atoms with Crippen LogP contribution in [0.3, 0.4) is 0 Å². The molecule has 0 aliphatic carbocycles. The van der Waals surface area contributed by atoms with Crippen LogP contribution in [0.25, 0.3) is 0 Å². The van der Waals surface area contributed by atoms with Crippen LogP contribution in [0.4, 0.5) is 0 Å². The highest BCUT2D eigenvalue weighted by Crippen LogP contribution is 2.17. The summed E-state index contributed by atoms with van der Waals surface area (Å²) < 4.78 is 16.8. The predicted octanol–water partition coefficient (Wildman–Crippen LogP) is 21.1. The maximum atomic E-state index is 12.8. The number of ether oxygens (including phenoxy) is 3. The van der Waals surface area contributed by atoms with Gasteiger partial charge in [0.25, 0.3) is 0 Å². The molecular formula is C64H120O6. The Labute approximate surface area is 436 Å². The fraction of sp³-hybridized carbons (Fsp3) is 0.891. The average molecular weight is 986 g/mol. The van der Waals surface area contributed by atoms with Crippen LogP contribution < -0.4 is 0 Å². The molecule has 412 valence electrons. The van der Waals surface area contributed by atoms with Crippen LogP contribution in [0.5, 0.6) is 0 Å². The Morgan fingerprint density at radius 3 is 0.714 bits per heavy atom. The molecule has 0 heterocycles. The Bertz CT molecular complexity index is 1130. The Hall–Kier alpha value is -2.11. The summed E-state index contributed by atoms with van der Waals surface area (Å²) >= 11 is 0. The number of allylic oxidation sites excluding steroid dienone is 4. The minimum Gasteiger partial charge on any atom is -0.462 e. The molecule has 0 radical (unpaired) electrons. The van der Waals surface area contributed by atoms with Gasteiger partial charge in [0.15, 0.2) is 6.10 Å². The Kier molecular flexibility index (Phi) is 57.7. The Morgan fingerprint density at radius 1 is 0.271 bits per heavy atom. The van der Waals surface area contributed by atoms with Crippen LogP contribution in [0.15, 0.2) is 24.3 Å². The van der Waals surface area contributed by atoms with E-state index < -0.39 is 6.10 Å². The minimum atomic E-state index is -0.768. The zero-order valence-corrected chi connectivity index (χ0v) is 47.3. The standard InChI is InChI=1S/C64H120O6/c1-4-7-10-13-16-18-20-22-24-26-28-29-30-31-32-33-34-35-36-38-39-41-43-45-48-51-54-57-63(66)69-60-61(59-68-62(65)56-53-50-47-15-12-9-6-3)70-64(67)58-55-52-49-46-44-42-40-37-27-25-23-21-19-17-14-11-8-5-2/h25-28,61H,4-24,29-60H2,1-3H3/b27-25-,28-26-. The monoisotopic (exact) mass is 985 g/mol. The SMILES string of the molecule is CCCCCCCCC/C=C\CCCCCCCCCC(=O)OC(COC(=O)CCCCCCCCC)COC(=O)CCCCCCCCCCCCCCCCC/C=C\CCCCCCCCCC. The summed E-state index contributed by atoms with van der Waals surface area (Å²) in [4.78, 5) is 38.0. The molecule has 6 heteroatoms. The van der Waals surface area contributed by atoms with Crippen molar-refractivity contribution in [2.75, 3.05) is 13.2 Å². The van der Waals surface area contributed by atoms with Gasteiger partial charge in [-0.05, 0) is 70.6 Å². The highest BCUT2D eigenvalue weighted by atomic mass is 16.6. The van der Waals surface area contributed by atoms with E-state index in [1.165, 1.54) is 250 Å². The maximum absolute atomic E-state index is 12.8. The molecule has 6 nitrogen and oxygen atoms in total. The maximum Gasteiger partial charge on any atom is 0.306 e. The van der Waals surface area contributed by atoms with E-state index in [4.69, 9.17) is 14.2 Å². The molecular weight excluding hydrogens is 865 g/mol. The molecule has 0 aromatic heterocycles. The van der Waals surface area contributed by atoms with E-state index >= 15 is 0 Å². The van der Waals surface area contributed by atoms with Gasteiger partial charge in [0.2, 0.25) is 0 Å². The third-order valence-electron chi connectivity index (χ3n) is 14.2. The van der Waals surface area contributed by atoms with Crippen molar-refractivity contribution < 1.29 is 28.6 Å². The summed E-state index contributed by atoms with van der Waals surface area (Å²) in [6.07, 6.45) is 70.7. The zero-order valence-electron chi connectivity index (χ0n) is 47.3. The van der Waals surface area contributed by atoms with Crippen molar-refractivity contribution in [3.05, 3.63) is 24.3 Å². The normalized spacial score (nSPS) is 12.1. The van der Waals surface area contributed by atoms with Crippen LogP contribution >= 0.6 is 0 Å². The Balaban J connectivity index is 4.06. The van der Waals surface area contributed by atoms with Crippen molar-refractivity contribution in [3.63, 3.8) is 0 Å². The van der Waals surface area contributed by atoms with Crippen LogP contribution in [-0.4, -0.2) is 37.2 Å². The molecule has 0 aromatic rings. The first-order chi connectivity index (χ1) is 34.5. The van der Waals surface area contributed by atoms with Crippen LogP contribution in [-0.2, 0) is 28.6 Å². The van der Waals surface area contributed by atoms with Gasteiger partial charge in [0.05, 0.1) is 0 Å². The lowest BCUT2D eigenvalue weighted by Crippen LogP contribution is -2.30. The molecule has 70 heavy (non-hydrogen) atoms. The topological polar surface area (TPSA) is 78.9 Å². The number of rotatable bonds is 58. The highest BCUT2D eigenvalue weighted by Gasteiger charge is 2.19. The van der Waals surface area contributed by atoms with Gasteiger partial charge < -0.3 is 14.2 Å². The number of carbonyl (C=O) groups is 3. The summed E-state index contributed by atoms with van der Waals surface area (Å²) in [5, 5.41) is 0. The largest absolute Gasteiger partial charge is 0.462 e. The molecule has 0 rings (SSSR count). The zero-order chi connectivity index (χ0) is 50.7. The van der Waals surface area contributed by atoms with Crippen LogP contribution in [0, 0.1) is 0 Å². The molecule has 1 unspecified atom stereocenters. The number of unbranched alkanes of at least 4 members (excludes halogenated alkanes) is 43. The fourth-order valence-electron chi connectivity index (χ4n) is 9.44. The van der Waals surface area contributed by atoms with Gasteiger partial charge in [-0.2, -0.15) is 0 Å². The minimum absolute atomic E-state index is 0.0685. The molecule has 0 spiro atoms. The van der Waals surface area contributed by atoms with Gasteiger partial charge in [0.1, 0.15) is 13.2 Å². The number of hydrogen-bond donors (Lipinski definition) is 0. The number of hydrogen-bond acceptors (Lipinski definition) is 6. The molecule has 0 saturated carbocycles. The molecule has 1 atom stereocenters. The van der Waals surface area contributed by atoms with E-state index in [0.29, 0.717) is 19.3 Å². The molecule has 0 aliphatic heterocycles. The van der Waals surface area contributed by atoms with E-state index in [9.17, 15) is 14.4 Å². The summed E-state index contributed by atoms with van der Waals surface area (Å²) in [6, 6.07) is 0. The van der Waals surface area contributed by atoms with Crippen molar-refractivity contribution in [3.8, 4) is 0 Å². The molecule has 0 bridgehead atoms. The quantitative estimate of drug-likeness (QED) is 0.0261. The second-order valence-corrected chi connectivity index (χ2v) is 21.3. The molecule has 0 saturated heterocycles. The summed E-state index contributed by atoms with van der Waals surface area (Å²) in [6.45, 7) is 6.64. The average Bonchev–Trinajstić information content (AvgIpc) is 3.36. The molecule has 0 aliphatic rings. The van der Waals surface area contributed by atoms with Crippen molar-refractivity contribution in [1.29, 1.82) is 0 Å². The highest BCUT2D eigenvalue weighted by molar-refractivity contribution is 5.71. The first kappa shape index (κ1) is 67.9. The van der Waals surface area contributed by atoms with E-state index in [1.54, 1.807) is 0 Å². The number of esters is 3. The summed E-state index contributed by atoms with van der Waals surface area (Å²) in [5.74, 6) is -0.859. The first-order valence-electron chi connectivity index (χ1n) is 31.3. The van der Waals surface area contributed by atoms with Crippen molar-refractivity contribution >= 4 is 17.9 Å². The second kappa shape index (κ2) is 59.5. The predicted molar refractivity (Wildman–Crippen MR) is 303 cm³/mol. The smallest absolute Gasteiger partial charge is 0.306 e. The lowest BCUT2D eigenvalue weighted by atomic mass is 10.0. The lowest BCUT2D eigenvalue weighted by Gasteiger charge is -2.18. The first-order valence-corrected chi connectivity index (χ1v) is 31.3. The van der Waals surface area contributed by atoms with E-state index in [1.807, 2.05) is 0 Å². The van der Waals surface area contributed by atoms with Crippen molar-refractivity contribution in [2.24, 2.45) is 0 Å². The third kappa shape index (κ3) is 56.8. The molecule has 0 amide bonds. The van der Waals surface area contributed by atoms with Gasteiger partial charge in [-0.25, -0.2) is 0 Å². The molecule has 0 N–H and O–H groups in total. The number of carbonyl (C=O) groups excluding carboxylic acids is 3. The third-order valence-corrected chi connectivity index (χ3v) is 14.2. The Morgan fingerprint density at radius 2 is 0.471 bits per heavy atom. The lowest BCUT2D eigenvalue weighted by molar-refractivity contribution is -0.167. The summed E-state index contributed by atoms with van der Waals surface area (Å²) in [5.41, 5.74) is 0. The molecule has 0 fully saturated rings. The van der Waals surface area contributed by atoms with Gasteiger partial charge in [-0.3, -0.25) is 14.4 Å². The van der Waals surface area contributed by atoms with Gasteiger partial charge in [0, 0.05) is 19.3 Å². The van der Waals surface area contributed by atoms with E-state index in [-0.39, 0.29) is 31.1 Å². The van der Waals surface area contributed by atoms with Crippen molar-refractivity contribution in [2.45, 2.75) is 354 Å². The summed E-state index contributed by atoms with van der Waals surface area (Å²) in [7, 11) is 0. The van der Waals surface area contributed by atoms with Crippen molar-refractivity contribution in [1.82, 2.24) is 0 Å². The molecule has 0 aromatic carbocycles. The second-order valence-electron chi connectivity index (χ2n) is 21.3. The van der Waals surface area contributed by atoms with Gasteiger partial charge in [-0.1, -0.05) is 283 Å².